The van der Waals surface area contributed by atoms with Crippen LogP contribution >= 0.6 is 35.7 Å². The first-order chi connectivity index (χ1) is 11.2. The summed E-state index contributed by atoms with van der Waals surface area (Å²) in [5, 5.41) is 13.6. The van der Waals surface area contributed by atoms with E-state index in [2.05, 4.69) is 45.5 Å². The fraction of sp³-hybridized carbons (Fsp3) is 0.611. The molecule has 2 fully saturated rings. The highest BCUT2D eigenvalue weighted by Crippen LogP contribution is 2.31. The van der Waals surface area contributed by atoms with Crippen LogP contribution in [0.4, 0.5) is 0 Å². The molecule has 6 heteroatoms. The van der Waals surface area contributed by atoms with Gasteiger partial charge in [0.2, 0.25) is 0 Å². The van der Waals surface area contributed by atoms with Gasteiger partial charge in [-0.2, -0.15) is 0 Å². The number of nitrogens with zero attached hydrogens (tertiary/aromatic N) is 2. The number of hydrogen-bond donors (Lipinski definition) is 2. The molecule has 24 heavy (non-hydrogen) atoms. The zero-order valence-electron chi connectivity index (χ0n) is 14.3. The van der Waals surface area contributed by atoms with Gasteiger partial charge in [0.15, 0.2) is 5.96 Å². The van der Waals surface area contributed by atoms with E-state index in [9.17, 15) is 5.11 Å². The third-order valence-electron chi connectivity index (χ3n) is 4.89. The summed E-state index contributed by atoms with van der Waals surface area (Å²) in [5.74, 6) is 2.80. The summed E-state index contributed by atoms with van der Waals surface area (Å²) in [6.45, 7) is 2.73. The topological polar surface area (TPSA) is 47.9 Å². The Labute approximate surface area is 166 Å². The highest BCUT2D eigenvalue weighted by Gasteiger charge is 2.35. The first kappa shape index (κ1) is 19.8. The summed E-state index contributed by atoms with van der Waals surface area (Å²) in [7, 11) is 1.83. The molecule has 134 valence electrons. The second kappa shape index (κ2) is 9.29. The minimum atomic E-state index is -0.502. The van der Waals surface area contributed by atoms with Gasteiger partial charge in [-0.15, -0.1) is 35.7 Å². The van der Waals surface area contributed by atoms with Crippen LogP contribution in [-0.4, -0.2) is 54.0 Å². The van der Waals surface area contributed by atoms with E-state index in [1.54, 1.807) is 0 Å². The van der Waals surface area contributed by atoms with Gasteiger partial charge in [0.25, 0.3) is 0 Å². The van der Waals surface area contributed by atoms with Crippen molar-refractivity contribution >= 4 is 41.7 Å². The number of guanidine groups is 1. The Balaban J connectivity index is 0.00000208. The van der Waals surface area contributed by atoms with Crippen molar-refractivity contribution in [2.24, 2.45) is 10.9 Å². The zero-order valence-corrected chi connectivity index (χ0v) is 17.4. The Kier molecular flexibility index (Phi) is 7.68. The molecular weight excluding hydrogens is 433 g/mol. The van der Waals surface area contributed by atoms with Crippen LogP contribution in [0.1, 0.15) is 25.7 Å². The number of aliphatic imine (C=N–C) groups is 1. The highest BCUT2D eigenvalue weighted by atomic mass is 127. The van der Waals surface area contributed by atoms with E-state index in [0.29, 0.717) is 12.5 Å². The summed E-state index contributed by atoms with van der Waals surface area (Å²) >= 11 is 1.94. The molecule has 1 aromatic carbocycles. The Hall–Kier alpha value is -0.470. The molecule has 0 aromatic heterocycles. The Morgan fingerprint density at radius 2 is 2.12 bits per heavy atom. The lowest BCUT2D eigenvalue weighted by atomic mass is 9.80. The quantitative estimate of drug-likeness (QED) is 0.306. The van der Waals surface area contributed by atoms with E-state index < -0.39 is 5.60 Å². The third-order valence-corrected chi connectivity index (χ3v) is 6.13. The molecule has 1 unspecified atom stereocenters. The van der Waals surface area contributed by atoms with Crippen molar-refractivity contribution in [2.75, 3.05) is 32.4 Å². The van der Waals surface area contributed by atoms with Crippen molar-refractivity contribution in [2.45, 2.75) is 36.2 Å². The second-order valence-corrected chi connectivity index (χ2v) is 7.80. The average Bonchev–Trinajstić information content (AvgIpc) is 3.02. The minimum Gasteiger partial charge on any atom is -0.388 e. The Morgan fingerprint density at radius 3 is 2.75 bits per heavy atom. The first-order valence-corrected chi connectivity index (χ1v) is 9.53. The van der Waals surface area contributed by atoms with E-state index in [1.807, 2.05) is 18.8 Å². The monoisotopic (exact) mass is 461 g/mol. The van der Waals surface area contributed by atoms with Crippen LogP contribution in [0.5, 0.6) is 0 Å². The van der Waals surface area contributed by atoms with Crippen LogP contribution in [0.25, 0.3) is 0 Å². The minimum absolute atomic E-state index is 0. The van der Waals surface area contributed by atoms with Gasteiger partial charge < -0.3 is 15.3 Å². The molecule has 0 radical (unpaired) electrons. The molecule has 1 aromatic rings. The van der Waals surface area contributed by atoms with Crippen molar-refractivity contribution in [1.29, 1.82) is 0 Å². The number of hydrogen-bond acceptors (Lipinski definition) is 3. The van der Waals surface area contributed by atoms with Gasteiger partial charge in [-0.25, -0.2) is 0 Å². The molecule has 0 spiro atoms. The molecule has 1 atom stereocenters. The zero-order chi connectivity index (χ0) is 16.1. The molecular formula is C18H28IN3OS. The molecule has 0 amide bonds. The van der Waals surface area contributed by atoms with Gasteiger partial charge in [-0.05, 0) is 43.7 Å². The fourth-order valence-electron chi connectivity index (χ4n) is 3.23. The standard InChI is InChI=1S/C18H27N3OS.HI/c1-19-17(20-14-18(22)9-5-10-18)21-11-8-15(12-21)13-23-16-6-3-2-4-7-16;/h2-4,6-7,15,22H,5,8-14H2,1H3,(H,19,20);1H. The number of rotatable bonds is 5. The molecule has 1 saturated heterocycles. The second-order valence-electron chi connectivity index (χ2n) is 6.70. The van der Waals surface area contributed by atoms with Gasteiger partial charge in [0.05, 0.1) is 5.60 Å². The predicted octanol–water partition coefficient (Wildman–Crippen LogP) is 3.21. The smallest absolute Gasteiger partial charge is 0.193 e. The van der Waals surface area contributed by atoms with E-state index >= 15 is 0 Å². The number of likely N-dealkylation sites (tertiary alicyclic amines) is 1. The van der Waals surface area contributed by atoms with E-state index in [1.165, 1.54) is 11.3 Å². The first-order valence-electron chi connectivity index (χ1n) is 8.54. The molecule has 1 heterocycles. The lowest BCUT2D eigenvalue weighted by molar-refractivity contribution is -0.0282. The van der Waals surface area contributed by atoms with Crippen molar-refractivity contribution in [3.63, 3.8) is 0 Å². The molecule has 2 aliphatic rings. The van der Waals surface area contributed by atoms with Crippen LogP contribution in [0.2, 0.25) is 0 Å². The summed E-state index contributed by atoms with van der Waals surface area (Å²) in [5.41, 5.74) is -0.502. The average molecular weight is 461 g/mol. The van der Waals surface area contributed by atoms with Gasteiger partial charge >= 0.3 is 0 Å². The van der Waals surface area contributed by atoms with Crippen LogP contribution in [0.3, 0.4) is 0 Å². The molecule has 3 rings (SSSR count). The third kappa shape index (κ3) is 5.26. The molecule has 2 N–H and O–H groups in total. The molecule has 4 nitrogen and oxygen atoms in total. The summed E-state index contributed by atoms with van der Waals surface area (Å²) in [4.78, 5) is 8.08. The van der Waals surface area contributed by atoms with Gasteiger partial charge in [0, 0.05) is 37.3 Å². The lowest BCUT2D eigenvalue weighted by Gasteiger charge is -2.37. The predicted molar refractivity (Wildman–Crippen MR) is 112 cm³/mol. The van der Waals surface area contributed by atoms with Crippen molar-refractivity contribution in [3.05, 3.63) is 30.3 Å². The molecule has 1 aliphatic carbocycles. The highest BCUT2D eigenvalue weighted by molar-refractivity contribution is 14.0. The van der Waals surface area contributed by atoms with E-state index in [4.69, 9.17) is 0 Å². The Bertz CT molecular complexity index is 536. The van der Waals surface area contributed by atoms with Crippen LogP contribution in [0, 0.1) is 5.92 Å². The summed E-state index contributed by atoms with van der Waals surface area (Å²) in [6, 6.07) is 10.6. The van der Waals surface area contributed by atoms with Crippen molar-refractivity contribution < 1.29 is 5.11 Å². The fourth-order valence-corrected chi connectivity index (χ4v) is 4.28. The van der Waals surface area contributed by atoms with Crippen molar-refractivity contribution in [1.82, 2.24) is 10.2 Å². The lowest BCUT2D eigenvalue weighted by Crippen LogP contribution is -2.51. The SMILES string of the molecule is CN=C(NCC1(O)CCC1)N1CCC(CSc2ccccc2)C1.I. The largest absolute Gasteiger partial charge is 0.388 e. The number of halogens is 1. The van der Waals surface area contributed by atoms with E-state index in [0.717, 1.165) is 44.1 Å². The van der Waals surface area contributed by atoms with Crippen LogP contribution in [0.15, 0.2) is 40.2 Å². The maximum atomic E-state index is 10.2. The molecule has 1 saturated carbocycles. The maximum absolute atomic E-state index is 10.2. The molecule has 0 bridgehead atoms. The van der Waals surface area contributed by atoms with Crippen LogP contribution in [-0.2, 0) is 0 Å². The Morgan fingerprint density at radius 1 is 1.38 bits per heavy atom. The number of aliphatic hydroxyl groups is 1. The number of benzene rings is 1. The van der Waals surface area contributed by atoms with E-state index in [-0.39, 0.29) is 24.0 Å². The summed E-state index contributed by atoms with van der Waals surface area (Å²) in [6.07, 6.45) is 4.17. The number of nitrogens with one attached hydrogen (secondary N) is 1. The van der Waals surface area contributed by atoms with Crippen LogP contribution < -0.4 is 5.32 Å². The van der Waals surface area contributed by atoms with Crippen molar-refractivity contribution in [3.8, 4) is 0 Å². The van der Waals surface area contributed by atoms with Gasteiger partial charge in [0.1, 0.15) is 0 Å². The summed E-state index contributed by atoms with van der Waals surface area (Å²) < 4.78 is 0. The molecule has 1 aliphatic heterocycles. The number of thioether (sulfide) groups is 1. The normalized spacial score (nSPS) is 22.7. The maximum Gasteiger partial charge on any atom is 0.193 e. The van der Waals surface area contributed by atoms with Gasteiger partial charge in [-0.1, -0.05) is 18.2 Å². The van der Waals surface area contributed by atoms with Gasteiger partial charge in [-0.3, -0.25) is 4.99 Å².